The smallest absolute Gasteiger partial charge is 0.265 e. The maximum Gasteiger partial charge on any atom is 0.265 e. The van der Waals surface area contributed by atoms with E-state index in [2.05, 4.69) is 10.0 Å². The van der Waals surface area contributed by atoms with Crippen molar-refractivity contribution in [3.63, 3.8) is 0 Å². The Hall–Kier alpha value is -3.32. The Bertz CT molecular complexity index is 1170. The SMILES string of the molecule is Cc1ccc(O[C@H](C)C(=O)Nc2ccc(S(=O)(=O)Nc3ccc(C)cc3C)cc2)cc1. The van der Waals surface area contributed by atoms with Crippen LogP contribution >= 0.6 is 0 Å². The molecule has 0 aliphatic rings. The molecule has 0 fully saturated rings. The second-order valence-electron chi connectivity index (χ2n) is 7.51. The molecule has 7 heteroatoms. The third-order valence-electron chi connectivity index (χ3n) is 4.76. The van der Waals surface area contributed by atoms with Gasteiger partial charge in [0.15, 0.2) is 6.10 Å². The lowest BCUT2D eigenvalue weighted by Crippen LogP contribution is -2.30. The normalized spacial score (nSPS) is 12.1. The first-order valence-electron chi connectivity index (χ1n) is 9.88. The van der Waals surface area contributed by atoms with Gasteiger partial charge in [0, 0.05) is 5.69 Å². The summed E-state index contributed by atoms with van der Waals surface area (Å²) in [4.78, 5) is 12.5. The maximum absolute atomic E-state index is 12.7. The van der Waals surface area contributed by atoms with Gasteiger partial charge in [-0.15, -0.1) is 0 Å². The van der Waals surface area contributed by atoms with Crippen LogP contribution in [0, 0.1) is 20.8 Å². The minimum absolute atomic E-state index is 0.106. The molecule has 2 N–H and O–H groups in total. The highest BCUT2D eigenvalue weighted by Gasteiger charge is 2.17. The lowest BCUT2D eigenvalue weighted by Gasteiger charge is -2.15. The lowest BCUT2D eigenvalue weighted by atomic mass is 10.1. The third-order valence-corrected chi connectivity index (χ3v) is 6.14. The van der Waals surface area contributed by atoms with E-state index in [1.807, 2.05) is 57.2 Å². The average Bonchev–Trinajstić information content (AvgIpc) is 2.72. The van der Waals surface area contributed by atoms with Crippen LogP contribution in [-0.2, 0) is 14.8 Å². The Kier molecular flexibility index (Phi) is 6.65. The quantitative estimate of drug-likeness (QED) is 0.554. The molecule has 0 aromatic heterocycles. The van der Waals surface area contributed by atoms with Crippen LogP contribution in [0.3, 0.4) is 0 Å². The van der Waals surface area contributed by atoms with Gasteiger partial charge >= 0.3 is 0 Å². The number of hydrogen-bond acceptors (Lipinski definition) is 4. The van der Waals surface area contributed by atoms with Gasteiger partial charge in [0.1, 0.15) is 5.75 Å². The number of anilines is 2. The van der Waals surface area contributed by atoms with Gasteiger partial charge in [-0.3, -0.25) is 9.52 Å². The summed E-state index contributed by atoms with van der Waals surface area (Å²) in [6, 6.07) is 18.9. The zero-order chi connectivity index (χ0) is 22.6. The van der Waals surface area contributed by atoms with Gasteiger partial charge in [-0.2, -0.15) is 0 Å². The first kappa shape index (κ1) is 22.4. The van der Waals surface area contributed by atoms with Crippen LogP contribution in [0.15, 0.2) is 71.6 Å². The van der Waals surface area contributed by atoms with Crippen molar-refractivity contribution in [3.05, 3.63) is 83.4 Å². The standard InChI is InChI=1S/C24H26N2O4S/c1-16-5-10-21(11-6-16)30-19(4)24(27)25-20-8-12-22(13-9-20)31(28,29)26-23-14-7-17(2)15-18(23)3/h5-15,19,26H,1-4H3,(H,25,27)/t19-/m1/s1. The fraction of sp³-hybridized carbons (Fsp3) is 0.208. The van der Waals surface area contributed by atoms with Crippen LogP contribution in [0.25, 0.3) is 0 Å². The molecule has 3 aromatic rings. The third kappa shape index (κ3) is 5.86. The first-order chi connectivity index (χ1) is 14.6. The highest BCUT2D eigenvalue weighted by atomic mass is 32.2. The number of rotatable bonds is 7. The molecule has 0 spiro atoms. The molecule has 162 valence electrons. The fourth-order valence-electron chi connectivity index (χ4n) is 2.97. The van der Waals surface area contributed by atoms with Gasteiger partial charge in [-0.25, -0.2) is 8.42 Å². The van der Waals surface area contributed by atoms with E-state index < -0.39 is 16.1 Å². The number of sulfonamides is 1. The van der Waals surface area contributed by atoms with Crippen molar-refractivity contribution in [2.45, 2.75) is 38.7 Å². The fourth-order valence-corrected chi connectivity index (χ4v) is 4.10. The van der Waals surface area contributed by atoms with Crippen molar-refractivity contribution in [1.82, 2.24) is 0 Å². The van der Waals surface area contributed by atoms with Gasteiger partial charge in [0.25, 0.3) is 15.9 Å². The molecule has 3 rings (SSSR count). The van der Waals surface area contributed by atoms with E-state index in [0.717, 1.165) is 16.7 Å². The molecule has 0 unspecified atom stereocenters. The van der Waals surface area contributed by atoms with E-state index in [1.54, 1.807) is 25.1 Å². The molecule has 1 amide bonds. The van der Waals surface area contributed by atoms with E-state index in [4.69, 9.17) is 4.74 Å². The molecule has 0 aliphatic carbocycles. The van der Waals surface area contributed by atoms with Crippen LogP contribution in [0.2, 0.25) is 0 Å². The molecule has 0 saturated heterocycles. The molecule has 3 aromatic carbocycles. The maximum atomic E-state index is 12.7. The Morgan fingerprint density at radius 3 is 2.10 bits per heavy atom. The van der Waals surface area contributed by atoms with Crippen LogP contribution < -0.4 is 14.8 Å². The summed E-state index contributed by atoms with van der Waals surface area (Å²) in [5.74, 6) is 0.275. The summed E-state index contributed by atoms with van der Waals surface area (Å²) in [5, 5.41) is 2.74. The lowest BCUT2D eigenvalue weighted by molar-refractivity contribution is -0.122. The molecule has 0 bridgehead atoms. The number of carbonyl (C=O) groups excluding carboxylic acids is 1. The second kappa shape index (κ2) is 9.22. The molecule has 0 aliphatic heterocycles. The number of ether oxygens (including phenoxy) is 1. The molecular weight excluding hydrogens is 412 g/mol. The Morgan fingerprint density at radius 2 is 1.48 bits per heavy atom. The number of hydrogen-bond donors (Lipinski definition) is 2. The Morgan fingerprint density at radius 1 is 0.871 bits per heavy atom. The van der Waals surface area contributed by atoms with Crippen molar-refractivity contribution < 1.29 is 17.9 Å². The summed E-state index contributed by atoms with van der Waals surface area (Å²) >= 11 is 0. The first-order valence-corrected chi connectivity index (χ1v) is 11.4. The molecule has 1 atom stereocenters. The highest BCUT2D eigenvalue weighted by molar-refractivity contribution is 7.92. The van der Waals surface area contributed by atoms with Crippen molar-refractivity contribution >= 4 is 27.3 Å². The molecule has 0 saturated carbocycles. The van der Waals surface area contributed by atoms with E-state index in [9.17, 15) is 13.2 Å². The molecule has 6 nitrogen and oxygen atoms in total. The predicted octanol–water partition coefficient (Wildman–Crippen LogP) is 4.82. The van der Waals surface area contributed by atoms with Gasteiger partial charge < -0.3 is 10.1 Å². The predicted molar refractivity (Wildman–Crippen MR) is 123 cm³/mol. The topological polar surface area (TPSA) is 84.5 Å². The number of aryl methyl sites for hydroxylation is 3. The minimum Gasteiger partial charge on any atom is -0.481 e. The monoisotopic (exact) mass is 438 g/mol. The zero-order valence-corrected chi connectivity index (χ0v) is 18.8. The minimum atomic E-state index is -3.74. The number of benzene rings is 3. The van der Waals surface area contributed by atoms with Crippen molar-refractivity contribution in [1.29, 1.82) is 0 Å². The molecular formula is C24H26N2O4S. The number of nitrogens with one attached hydrogen (secondary N) is 2. The average molecular weight is 439 g/mol. The largest absolute Gasteiger partial charge is 0.481 e. The summed E-state index contributed by atoms with van der Waals surface area (Å²) < 4.78 is 33.6. The van der Waals surface area contributed by atoms with E-state index in [1.165, 1.54) is 12.1 Å². The second-order valence-corrected chi connectivity index (χ2v) is 9.19. The van der Waals surface area contributed by atoms with Gasteiger partial charge in [0.2, 0.25) is 0 Å². The van der Waals surface area contributed by atoms with Crippen LogP contribution in [0.5, 0.6) is 5.75 Å². The molecule has 31 heavy (non-hydrogen) atoms. The van der Waals surface area contributed by atoms with Crippen LogP contribution in [-0.4, -0.2) is 20.4 Å². The van der Waals surface area contributed by atoms with Gasteiger partial charge in [-0.1, -0.05) is 35.4 Å². The molecule has 0 heterocycles. The summed E-state index contributed by atoms with van der Waals surface area (Å²) in [7, 11) is -3.74. The van der Waals surface area contributed by atoms with Crippen molar-refractivity contribution in [2.24, 2.45) is 0 Å². The van der Waals surface area contributed by atoms with Crippen molar-refractivity contribution in [2.75, 3.05) is 10.0 Å². The molecule has 0 radical (unpaired) electrons. The number of amides is 1. The Labute approximate surface area is 183 Å². The van der Waals surface area contributed by atoms with E-state index in [0.29, 0.717) is 17.1 Å². The van der Waals surface area contributed by atoms with Gasteiger partial charge in [0.05, 0.1) is 10.6 Å². The summed E-state index contributed by atoms with van der Waals surface area (Å²) in [6.07, 6.45) is -0.711. The van der Waals surface area contributed by atoms with Crippen molar-refractivity contribution in [3.8, 4) is 5.75 Å². The highest BCUT2D eigenvalue weighted by Crippen LogP contribution is 2.22. The zero-order valence-electron chi connectivity index (χ0n) is 18.0. The Balaban J connectivity index is 1.64. The van der Waals surface area contributed by atoms with Crippen LogP contribution in [0.4, 0.5) is 11.4 Å². The van der Waals surface area contributed by atoms with E-state index >= 15 is 0 Å². The summed E-state index contributed by atoms with van der Waals surface area (Å²) in [5.41, 5.74) is 4.02. The van der Waals surface area contributed by atoms with Crippen LogP contribution in [0.1, 0.15) is 23.6 Å². The summed E-state index contributed by atoms with van der Waals surface area (Å²) in [6.45, 7) is 7.43. The number of carbonyl (C=O) groups is 1. The van der Waals surface area contributed by atoms with Gasteiger partial charge in [-0.05, 0) is 75.7 Å². The van der Waals surface area contributed by atoms with E-state index in [-0.39, 0.29) is 10.8 Å².